The Labute approximate surface area is 120 Å². The van der Waals surface area contributed by atoms with Crippen LogP contribution in [0.1, 0.15) is 18.1 Å². The van der Waals surface area contributed by atoms with Crippen LogP contribution >= 0.6 is 0 Å². The third kappa shape index (κ3) is 3.99. The summed E-state index contributed by atoms with van der Waals surface area (Å²) in [6.45, 7) is 3.67. The first kappa shape index (κ1) is 17.0. The van der Waals surface area contributed by atoms with Crippen molar-refractivity contribution in [3.63, 3.8) is 0 Å². The first-order chi connectivity index (χ1) is 9.19. The molecule has 0 aliphatic carbocycles. The van der Waals surface area contributed by atoms with Crippen LogP contribution < -0.4 is 10.5 Å². The molecule has 0 spiro atoms. The average Bonchev–Trinajstić information content (AvgIpc) is 2.38. The summed E-state index contributed by atoms with van der Waals surface area (Å²) in [5.74, 6) is -0.451. The van der Waals surface area contributed by atoms with Crippen LogP contribution in [0.25, 0.3) is 0 Å². The third-order valence-electron chi connectivity index (χ3n) is 3.28. The molecule has 5 nitrogen and oxygen atoms in total. The highest BCUT2D eigenvalue weighted by atomic mass is 32.2. The molecule has 1 atom stereocenters. The fourth-order valence-corrected chi connectivity index (χ4v) is 2.86. The molecule has 0 aliphatic rings. The number of nitrogens with one attached hydrogen (secondary N) is 1. The van der Waals surface area contributed by atoms with E-state index in [-0.39, 0.29) is 35.2 Å². The van der Waals surface area contributed by atoms with Crippen LogP contribution in [-0.4, -0.2) is 40.0 Å². The van der Waals surface area contributed by atoms with Gasteiger partial charge in [0.1, 0.15) is 5.82 Å². The van der Waals surface area contributed by atoms with Crippen molar-refractivity contribution < 1.29 is 12.8 Å². The Balaban J connectivity index is 3.01. The van der Waals surface area contributed by atoms with E-state index in [0.717, 1.165) is 0 Å². The molecule has 20 heavy (non-hydrogen) atoms. The first-order valence-corrected chi connectivity index (χ1v) is 7.82. The number of halogens is 1. The molecule has 0 fully saturated rings. The molecule has 0 aliphatic heterocycles. The van der Waals surface area contributed by atoms with E-state index in [9.17, 15) is 12.8 Å². The molecule has 0 saturated carbocycles. The van der Waals surface area contributed by atoms with E-state index < -0.39 is 15.8 Å². The minimum absolute atomic E-state index is 0.0376. The molecular formula is C13H22FN3O2S. The molecule has 0 heterocycles. The zero-order valence-electron chi connectivity index (χ0n) is 12.3. The second-order valence-electron chi connectivity index (χ2n) is 5.08. The predicted octanol–water partition coefficient (Wildman–Crippen LogP) is 0.821. The van der Waals surface area contributed by atoms with E-state index >= 15 is 0 Å². The summed E-state index contributed by atoms with van der Waals surface area (Å²) < 4.78 is 40.6. The van der Waals surface area contributed by atoms with Gasteiger partial charge in [-0.2, -0.15) is 0 Å². The van der Waals surface area contributed by atoms with Crippen molar-refractivity contribution in [2.45, 2.75) is 31.3 Å². The Morgan fingerprint density at radius 3 is 2.50 bits per heavy atom. The van der Waals surface area contributed by atoms with Crippen molar-refractivity contribution in [3.8, 4) is 0 Å². The lowest BCUT2D eigenvalue weighted by Gasteiger charge is -2.20. The average molecular weight is 303 g/mol. The fraction of sp³-hybridized carbons (Fsp3) is 0.538. The first-order valence-electron chi connectivity index (χ1n) is 6.34. The zero-order chi connectivity index (χ0) is 15.5. The molecular weight excluding hydrogens is 281 g/mol. The topological polar surface area (TPSA) is 75.4 Å². The Morgan fingerprint density at radius 1 is 1.40 bits per heavy atom. The van der Waals surface area contributed by atoms with Gasteiger partial charge in [0, 0.05) is 24.7 Å². The number of sulfonamides is 1. The second-order valence-corrected chi connectivity index (χ2v) is 6.85. The van der Waals surface area contributed by atoms with Gasteiger partial charge in [0.25, 0.3) is 0 Å². The predicted molar refractivity (Wildman–Crippen MR) is 77.4 cm³/mol. The molecule has 3 N–H and O–H groups in total. The fourth-order valence-electron chi connectivity index (χ4n) is 1.61. The summed E-state index contributed by atoms with van der Waals surface area (Å²) in [7, 11) is 0.0776. The number of hydrogen-bond acceptors (Lipinski definition) is 4. The quantitative estimate of drug-likeness (QED) is 0.816. The highest BCUT2D eigenvalue weighted by molar-refractivity contribution is 7.89. The molecule has 0 aromatic heterocycles. The molecule has 7 heteroatoms. The van der Waals surface area contributed by atoms with Gasteiger partial charge in [-0.25, -0.2) is 17.5 Å². The summed E-state index contributed by atoms with van der Waals surface area (Å²) in [5, 5.41) is 0. The van der Waals surface area contributed by atoms with Gasteiger partial charge in [0.05, 0.1) is 4.90 Å². The van der Waals surface area contributed by atoms with Crippen molar-refractivity contribution in [2.24, 2.45) is 5.73 Å². The molecule has 1 aromatic rings. The van der Waals surface area contributed by atoms with Gasteiger partial charge in [-0.1, -0.05) is 0 Å². The zero-order valence-corrected chi connectivity index (χ0v) is 13.1. The van der Waals surface area contributed by atoms with E-state index in [1.807, 2.05) is 25.9 Å². The van der Waals surface area contributed by atoms with E-state index in [1.54, 1.807) is 0 Å². The SMILES string of the molecule is Cc1cc(S(=O)(=O)NCC(C)N(C)C)cc(CN)c1F. The van der Waals surface area contributed by atoms with Crippen LogP contribution in [0.2, 0.25) is 0 Å². The summed E-state index contributed by atoms with van der Waals surface area (Å²) in [4.78, 5) is 1.95. The van der Waals surface area contributed by atoms with Crippen LogP contribution in [0.4, 0.5) is 4.39 Å². The molecule has 0 radical (unpaired) electrons. The van der Waals surface area contributed by atoms with Gasteiger partial charge in [-0.3, -0.25) is 0 Å². The molecule has 0 amide bonds. The van der Waals surface area contributed by atoms with Gasteiger partial charge in [0.2, 0.25) is 10.0 Å². The number of aryl methyl sites for hydroxylation is 1. The minimum Gasteiger partial charge on any atom is -0.326 e. The number of likely N-dealkylation sites (N-methyl/N-ethyl adjacent to an activating group) is 1. The number of nitrogens with two attached hydrogens (primary N) is 1. The van der Waals surface area contributed by atoms with Gasteiger partial charge >= 0.3 is 0 Å². The van der Waals surface area contributed by atoms with E-state index in [4.69, 9.17) is 5.73 Å². The van der Waals surface area contributed by atoms with E-state index in [1.165, 1.54) is 19.1 Å². The molecule has 0 bridgehead atoms. The largest absolute Gasteiger partial charge is 0.326 e. The van der Waals surface area contributed by atoms with Crippen molar-refractivity contribution in [1.82, 2.24) is 9.62 Å². The Hall–Kier alpha value is -1.02. The standard InChI is InChI=1S/C13H22FN3O2S/c1-9-5-12(6-11(7-15)13(9)14)20(18,19)16-8-10(2)17(3)4/h5-6,10,16H,7-8,15H2,1-4H3. The Morgan fingerprint density at radius 2 is 2.00 bits per heavy atom. The summed E-state index contributed by atoms with van der Waals surface area (Å²) >= 11 is 0. The van der Waals surface area contributed by atoms with Crippen LogP contribution in [-0.2, 0) is 16.6 Å². The van der Waals surface area contributed by atoms with Crippen LogP contribution in [0.5, 0.6) is 0 Å². The highest BCUT2D eigenvalue weighted by Gasteiger charge is 2.19. The van der Waals surface area contributed by atoms with Gasteiger partial charge < -0.3 is 10.6 Å². The molecule has 114 valence electrons. The van der Waals surface area contributed by atoms with Crippen molar-refractivity contribution in [2.75, 3.05) is 20.6 Å². The van der Waals surface area contributed by atoms with Crippen LogP contribution in [0, 0.1) is 12.7 Å². The lowest BCUT2D eigenvalue weighted by atomic mass is 10.1. The van der Waals surface area contributed by atoms with Crippen molar-refractivity contribution >= 4 is 10.0 Å². The third-order valence-corrected chi connectivity index (χ3v) is 4.69. The normalized spacial score (nSPS) is 13.8. The van der Waals surface area contributed by atoms with Gasteiger partial charge in [-0.05, 0) is 45.6 Å². The summed E-state index contributed by atoms with van der Waals surface area (Å²) in [6, 6.07) is 2.66. The van der Waals surface area contributed by atoms with Crippen LogP contribution in [0.15, 0.2) is 17.0 Å². The maximum absolute atomic E-state index is 13.7. The number of nitrogens with zero attached hydrogens (tertiary/aromatic N) is 1. The lowest BCUT2D eigenvalue weighted by molar-refractivity contribution is 0.314. The molecule has 1 aromatic carbocycles. The van der Waals surface area contributed by atoms with Gasteiger partial charge in [0.15, 0.2) is 0 Å². The number of hydrogen-bond donors (Lipinski definition) is 2. The Bertz CT molecular complexity index is 573. The smallest absolute Gasteiger partial charge is 0.240 e. The minimum atomic E-state index is -3.66. The molecule has 1 rings (SSSR count). The summed E-state index contributed by atoms with van der Waals surface area (Å²) in [6.07, 6.45) is 0. The summed E-state index contributed by atoms with van der Waals surface area (Å²) in [5.41, 5.74) is 5.90. The second kappa shape index (κ2) is 6.62. The van der Waals surface area contributed by atoms with Gasteiger partial charge in [-0.15, -0.1) is 0 Å². The van der Waals surface area contributed by atoms with E-state index in [2.05, 4.69) is 4.72 Å². The van der Waals surface area contributed by atoms with E-state index in [0.29, 0.717) is 0 Å². The maximum Gasteiger partial charge on any atom is 0.240 e. The van der Waals surface area contributed by atoms with Crippen molar-refractivity contribution in [3.05, 3.63) is 29.1 Å². The molecule has 0 saturated heterocycles. The monoisotopic (exact) mass is 303 g/mol. The number of rotatable bonds is 6. The van der Waals surface area contributed by atoms with Crippen molar-refractivity contribution in [1.29, 1.82) is 0 Å². The maximum atomic E-state index is 13.7. The lowest BCUT2D eigenvalue weighted by Crippen LogP contribution is -2.38. The molecule has 1 unspecified atom stereocenters. The highest BCUT2D eigenvalue weighted by Crippen LogP contribution is 2.19. The van der Waals surface area contributed by atoms with Crippen LogP contribution in [0.3, 0.4) is 0 Å². The Kier molecular flexibility index (Phi) is 5.64. The number of benzene rings is 1.